The van der Waals surface area contributed by atoms with Crippen LogP contribution in [-0.2, 0) is 4.79 Å². The Labute approximate surface area is 196 Å². The van der Waals surface area contributed by atoms with Crippen LogP contribution in [0.2, 0.25) is 0 Å². The summed E-state index contributed by atoms with van der Waals surface area (Å²) in [6.07, 6.45) is 7.64. The minimum atomic E-state index is -0.502. The van der Waals surface area contributed by atoms with Gasteiger partial charge in [-0.25, -0.2) is 9.98 Å². The number of amides is 3. The number of nitrogens with one attached hydrogen (secondary N) is 2. The predicted octanol–water partition coefficient (Wildman–Crippen LogP) is 4.01. The fourth-order valence-electron chi connectivity index (χ4n) is 4.59. The standard InChI is InChI=1S/C26H25N5O3/c1-16-7-2-3-13-27-23(32)17-8-4-9-18(15-17)24(33)30-26-29-21-12-5-10-19(22(21)31(16)26)20-11-6-14-28-25(20)34/h4-6,8-12,14-16,20H,2-3,7,13H2,1H3,(H,27,32)(H,29,30,33)/t16-,20?/m0/s1. The Morgan fingerprint density at radius 1 is 1.00 bits per heavy atom. The van der Waals surface area contributed by atoms with Crippen molar-refractivity contribution in [2.75, 3.05) is 11.9 Å². The molecule has 0 saturated heterocycles. The zero-order chi connectivity index (χ0) is 23.7. The van der Waals surface area contributed by atoms with Crippen molar-refractivity contribution >= 4 is 40.9 Å². The summed E-state index contributed by atoms with van der Waals surface area (Å²) in [4.78, 5) is 46.9. The zero-order valence-electron chi connectivity index (χ0n) is 18.8. The van der Waals surface area contributed by atoms with Gasteiger partial charge in [0, 0.05) is 29.9 Å². The summed E-state index contributed by atoms with van der Waals surface area (Å²) in [6, 6.07) is 12.3. The number of dihydropyridines is 1. The number of nitrogens with zero attached hydrogens (tertiary/aromatic N) is 3. The molecule has 0 spiro atoms. The number of carbonyl (C=O) groups excluding carboxylic acids is 3. The van der Waals surface area contributed by atoms with Crippen LogP contribution in [0.4, 0.5) is 5.95 Å². The van der Waals surface area contributed by atoms with Gasteiger partial charge in [-0.15, -0.1) is 0 Å². The highest BCUT2D eigenvalue weighted by Crippen LogP contribution is 2.34. The molecule has 0 aliphatic carbocycles. The van der Waals surface area contributed by atoms with E-state index in [1.165, 1.54) is 6.21 Å². The fourth-order valence-corrected chi connectivity index (χ4v) is 4.59. The van der Waals surface area contributed by atoms with E-state index in [0.717, 1.165) is 30.3 Å². The van der Waals surface area contributed by atoms with Crippen molar-refractivity contribution in [3.8, 4) is 0 Å². The fraction of sp³-hybridized carbons (Fsp3) is 0.269. The van der Waals surface area contributed by atoms with Crippen molar-refractivity contribution < 1.29 is 14.4 Å². The summed E-state index contributed by atoms with van der Waals surface area (Å²) < 4.78 is 2.02. The molecule has 2 aromatic carbocycles. The first kappa shape index (κ1) is 21.8. The van der Waals surface area contributed by atoms with Gasteiger partial charge in [-0.2, -0.15) is 0 Å². The van der Waals surface area contributed by atoms with Gasteiger partial charge in [-0.3, -0.25) is 19.7 Å². The number of fused-ring (bicyclic) bond motifs is 5. The van der Waals surface area contributed by atoms with E-state index >= 15 is 0 Å². The quantitative estimate of drug-likeness (QED) is 0.578. The molecule has 3 heterocycles. The Morgan fingerprint density at radius 3 is 2.62 bits per heavy atom. The van der Waals surface area contributed by atoms with Crippen molar-refractivity contribution in [3.63, 3.8) is 0 Å². The summed E-state index contributed by atoms with van der Waals surface area (Å²) in [7, 11) is 0. The minimum Gasteiger partial charge on any atom is -0.352 e. The van der Waals surface area contributed by atoms with Gasteiger partial charge in [-0.1, -0.05) is 24.3 Å². The van der Waals surface area contributed by atoms with E-state index in [2.05, 4.69) is 22.5 Å². The summed E-state index contributed by atoms with van der Waals surface area (Å²) in [5, 5.41) is 5.88. The number of carbonyl (C=O) groups is 3. The number of hydrogen-bond donors (Lipinski definition) is 2. The molecule has 172 valence electrons. The van der Waals surface area contributed by atoms with Crippen molar-refractivity contribution in [1.29, 1.82) is 0 Å². The van der Waals surface area contributed by atoms with Crippen LogP contribution in [0.15, 0.2) is 59.6 Å². The Morgan fingerprint density at radius 2 is 1.79 bits per heavy atom. The van der Waals surface area contributed by atoms with Crippen LogP contribution in [0.1, 0.15) is 64.4 Å². The third kappa shape index (κ3) is 4.03. The van der Waals surface area contributed by atoms with Crippen LogP contribution in [0.25, 0.3) is 11.0 Å². The molecule has 5 rings (SSSR count). The number of rotatable bonds is 1. The van der Waals surface area contributed by atoms with Crippen LogP contribution in [0.5, 0.6) is 0 Å². The van der Waals surface area contributed by atoms with Crippen LogP contribution < -0.4 is 10.6 Å². The summed E-state index contributed by atoms with van der Waals surface area (Å²) in [5.74, 6) is -0.851. The predicted molar refractivity (Wildman–Crippen MR) is 130 cm³/mol. The van der Waals surface area contributed by atoms with Gasteiger partial charge in [0.25, 0.3) is 17.7 Å². The first-order valence-corrected chi connectivity index (χ1v) is 11.5. The van der Waals surface area contributed by atoms with E-state index in [1.54, 1.807) is 30.3 Å². The van der Waals surface area contributed by atoms with E-state index in [9.17, 15) is 14.4 Å². The van der Waals surface area contributed by atoms with Gasteiger partial charge < -0.3 is 9.88 Å². The Balaban J connectivity index is 1.64. The molecule has 0 radical (unpaired) electrons. The van der Waals surface area contributed by atoms with Crippen molar-refractivity contribution in [2.24, 2.45) is 4.99 Å². The van der Waals surface area contributed by atoms with Crippen molar-refractivity contribution in [3.05, 3.63) is 71.3 Å². The third-order valence-electron chi connectivity index (χ3n) is 6.32. The topological polar surface area (TPSA) is 105 Å². The maximum absolute atomic E-state index is 13.2. The van der Waals surface area contributed by atoms with E-state index in [-0.39, 0.29) is 23.8 Å². The molecule has 2 aliphatic rings. The molecule has 0 saturated carbocycles. The average Bonchev–Trinajstić information content (AvgIpc) is 3.21. The second-order valence-electron chi connectivity index (χ2n) is 8.63. The van der Waals surface area contributed by atoms with Crippen LogP contribution in [0.3, 0.4) is 0 Å². The largest absolute Gasteiger partial charge is 0.352 e. The van der Waals surface area contributed by atoms with Gasteiger partial charge >= 0.3 is 0 Å². The molecule has 3 aromatic rings. The summed E-state index contributed by atoms with van der Waals surface area (Å²) >= 11 is 0. The van der Waals surface area contributed by atoms with Gasteiger partial charge in [0.1, 0.15) is 0 Å². The Hall–Kier alpha value is -4.07. The molecule has 2 atom stereocenters. The smallest absolute Gasteiger partial charge is 0.257 e. The highest BCUT2D eigenvalue weighted by atomic mass is 16.2. The molecule has 1 aromatic heterocycles. The van der Waals surface area contributed by atoms with E-state index in [0.29, 0.717) is 29.1 Å². The summed E-state index contributed by atoms with van der Waals surface area (Å²) in [5.41, 5.74) is 3.14. The maximum atomic E-state index is 13.2. The molecular formula is C26H25N5O3. The second-order valence-corrected chi connectivity index (χ2v) is 8.63. The first-order chi connectivity index (χ1) is 16.5. The minimum absolute atomic E-state index is 0.00222. The van der Waals surface area contributed by atoms with Crippen LogP contribution in [0, 0.1) is 0 Å². The monoisotopic (exact) mass is 455 g/mol. The molecule has 0 fully saturated rings. The van der Waals surface area contributed by atoms with Crippen LogP contribution in [-0.4, -0.2) is 40.0 Å². The van der Waals surface area contributed by atoms with Gasteiger partial charge in [0.05, 0.1) is 17.0 Å². The lowest BCUT2D eigenvalue weighted by Crippen LogP contribution is -2.25. The molecule has 1 unspecified atom stereocenters. The molecular weight excluding hydrogens is 430 g/mol. The molecule has 34 heavy (non-hydrogen) atoms. The number of hydrogen-bond acceptors (Lipinski definition) is 4. The highest BCUT2D eigenvalue weighted by Gasteiger charge is 2.27. The van der Waals surface area contributed by atoms with E-state index in [4.69, 9.17) is 4.98 Å². The number of imidazole rings is 1. The van der Waals surface area contributed by atoms with Crippen molar-refractivity contribution in [2.45, 2.75) is 38.1 Å². The van der Waals surface area contributed by atoms with Gasteiger partial charge in [0.15, 0.2) is 0 Å². The Kier molecular flexibility index (Phi) is 5.79. The SMILES string of the molecule is C[C@H]1CCCCNC(=O)c2cccc(c2)C(=O)Nc2nc3cccc(C4C=CC=NC4=O)c3n21. The number of allylic oxidation sites excluding steroid dienone is 1. The molecule has 8 heteroatoms. The van der Waals surface area contributed by atoms with E-state index < -0.39 is 5.92 Å². The number of anilines is 1. The van der Waals surface area contributed by atoms with E-state index in [1.807, 2.05) is 28.8 Å². The Bertz CT molecular complexity index is 1350. The maximum Gasteiger partial charge on any atom is 0.257 e. The lowest BCUT2D eigenvalue weighted by molar-refractivity contribution is -0.118. The first-order valence-electron chi connectivity index (χ1n) is 11.5. The van der Waals surface area contributed by atoms with Crippen molar-refractivity contribution in [1.82, 2.24) is 14.9 Å². The summed E-state index contributed by atoms with van der Waals surface area (Å²) in [6.45, 7) is 2.64. The van der Waals surface area contributed by atoms with Gasteiger partial charge in [0.2, 0.25) is 5.95 Å². The molecule has 2 aliphatic heterocycles. The number of para-hydroxylation sites is 1. The van der Waals surface area contributed by atoms with Crippen LogP contribution >= 0.6 is 0 Å². The number of benzene rings is 2. The lowest BCUT2D eigenvalue weighted by Gasteiger charge is -2.21. The number of aromatic nitrogens is 2. The van der Waals surface area contributed by atoms with Gasteiger partial charge in [-0.05, 0) is 62.1 Å². The molecule has 2 N–H and O–H groups in total. The second kappa shape index (κ2) is 9.05. The lowest BCUT2D eigenvalue weighted by atomic mass is 9.95. The number of aliphatic imine (C=N–C) groups is 1. The third-order valence-corrected chi connectivity index (χ3v) is 6.32. The normalized spacial score (nSPS) is 21.0. The molecule has 2 bridgehead atoms. The molecule has 8 nitrogen and oxygen atoms in total. The zero-order valence-corrected chi connectivity index (χ0v) is 18.8. The molecule has 3 amide bonds. The average molecular weight is 456 g/mol. The highest BCUT2D eigenvalue weighted by molar-refractivity contribution is 6.06.